The topological polar surface area (TPSA) is 70.2 Å². The van der Waals surface area contributed by atoms with Crippen LogP contribution in [0.2, 0.25) is 0 Å². The molecule has 1 aromatic rings. The third kappa shape index (κ3) is 3.72. The van der Waals surface area contributed by atoms with Crippen LogP contribution in [0.3, 0.4) is 0 Å². The SMILES string of the molecule is COc1ccccc1CC(=O)N1CC2CCC1CN(S(=O)(=O)N(C)C)C2. The predicted octanol–water partition coefficient (Wildman–Crippen LogP) is 0.967. The highest BCUT2D eigenvalue weighted by Crippen LogP contribution is 2.30. The fraction of sp³-hybridized carbons (Fsp3) is 0.611. The van der Waals surface area contributed by atoms with Crippen molar-refractivity contribution < 1.29 is 17.9 Å². The first-order valence-corrected chi connectivity index (χ1v) is 10.3. The molecular weight excluding hydrogens is 354 g/mol. The van der Waals surface area contributed by atoms with Crippen LogP contribution in [0.25, 0.3) is 0 Å². The maximum Gasteiger partial charge on any atom is 0.281 e. The number of piperidine rings is 1. The Balaban J connectivity index is 1.77. The molecule has 0 radical (unpaired) electrons. The summed E-state index contributed by atoms with van der Waals surface area (Å²) >= 11 is 0. The van der Waals surface area contributed by atoms with Gasteiger partial charge in [0.15, 0.2) is 0 Å². The number of amides is 1. The molecule has 1 amide bonds. The average molecular weight is 381 g/mol. The van der Waals surface area contributed by atoms with Gasteiger partial charge in [-0.15, -0.1) is 0 Å². The third-order valence-corrected chi connectivity index (χ3v) is 7.20. The van der Waals surface area contributed by atoms with Gasteiger partial charge in [0.25, 0.3) is 10.2 Å². The Bertz CT molecular complexity index is 765. The van der Waals surface area contributed by atoms with Crippen LogP contribution in [0.5, 0.6) is 5.75 Å². The molecule has 0 N–H and O–H groups in total. The van der Waals surface area contributed by atoms with E-state index in [0.29, 0.717) is 25.4 Å². The number of fused-ring (bicyclic) bond motifs is 4. The second-order valence-electron chi connectivity index (χ2n) is 7.24. The first-order chi connectivity index (χ1) is 12.3. The normalized spacial score (nSPS) is 23.9. The maximum atomic E-state index is 13.0. The lowest BCUT2D eigenvalue weighted by Crippen LogP contribution is -2.49. The van der Waals surface area contributed by atoms with E-state index in [1.165, 1.54) is 8.61 Å². The van der Waals surface area contributed by atoms with E-state index in [-0.39, 0.29) is 24.3 Å². The Morgan fingerprint density at radius 2 is 1.92 bits per heavy atom. The van der Waals surface area contributed by atoms with E-state index in [9.17, 15) is 13.2 Å². The van der Waals surface area contributed by atoms with Crippen molar-refractivity contribution in [3.63, 3.8) is 0 Å². The molecule has 3 fully saturated rings. The Kier molecular flexibility index (Phi) is 5.55. The van der Waals surface area contributed by atoms with Gasteiger partial charge in [-0.05, 0) is 24.8 Å². The summed E-state index contributed by atoms with van der Waals surface area (Å²) in [4.78, 5) is 14.8. The van der Waals surface area contributed by atoms with Crippen molar-refractivity contribution >= 4 is 16.1 Å². The van der Waals surface area contributed by atoms with Gasteiger partial charge in [-0.2, -0.15) is 17.0 Å². The number of rotatable bonds is 5. The van der Waals surface area contributed by atoms with Gasteiger partial charge in [0, 0.05) is 45.3 Å². The molecular formula is C18H27N3O4S. The highest BCUT2D eigenvalue weighted by atomic mass is 32.2. The summed E-state index contributed by atoms with van der Waals surface area (Å²) in [5, 5.41) is 0. The number of benzene rings is 1. The Morgan fingerprint density at radius 1 is 1.19 bits per heavy atom. The summed E-state index contributed by atoms with van der Waals surface area (Å²) in [5.41, 5.74) is 0.859. The van der Waals surface area contributed by atoms with Crippen molar-refractivity contribution in [1.29, 1.82) is 0 Å². The molecule has 2 bridgehead atoms. The Hall–Kier alpha value is -1.64. The van der Waals surface area contributed by atoms with Gasteiger partial charge in [-0.3, -0.25) is 4.79 Å². The molecule has 4 rings (SSSR count). The zero-order chi connectivity index (χ0) is 18.9. The predicted molar refractivity (Wildman–Crippen MR) is 99.1 cm³/mol. The molecule has 8 heteroatoms. The molecule has 0 saturated carbocycles. The molecule has 0 aliphatic carbocycles. The van der Waals surface area contributed by atoms with Crippen molar-refractivity contribution in [3.05, 3.63) is 29.8 Å². The lowest BCUT2D eigenvalue weighted by Gasteiger charge is -2.36. The van der Waals surface area contributed by atoms with Crippen molar-refractivity contribution in [2.45, 2.75) is 25.3 Å². The van der Waals surface area contributed by atoms with Crippen LogP contribution in [-0.4, -0.2) is 74.7 Å². The number of para-hydroxylation sites is 1. The van der Waals surface area contributed by atoms with Gasteiger partial charge in [0.05, 0.1) is 13.5 Å². The number of hydrogen-bond acceptors (Lipinski definition) is 4. The highest BCUT2D eigenvalue weighted by molar-refractivity contribution is 7.86. The molecule has 3 aliphatic rings. The van der Waals surface area contributed by atoms with Crippen molar-refractivity contribution in [2.75, 3.05) is 40.8 Å². The fourth-order valence-corrected chi connectivity index (χ4v) is 5.10. The first-order valence-electron chi connectivity index (χ1n) is 8.92. The summed E-state index contributed by atoms with van der Waals surface area (Å²) < 4.78 is 33.2. The van der Waals surface area contributed by atoms with Crippen LogP contribution in [0.1, 0.15) is 18.4 Å². The number of hydrogen-bond donors (Lipinski definition) is 0. The molecule has 2 unspecified atom stereocenters. The standard InChI is InChI=1S/C18H27N3O4S/c1-19(2)26(23,24)20-11-14-8-9-16(13-20)21(12-14)18(22)10-15-6-4-5-7-17(15)25-3/h4-7,14,16H,8-13H2,1-3H3. The maximum absolute atomic E-state index is 13.0. The molecule has 144 valence electrons. The van der Waals surface area contributed by atoms with Crippen LogP contribution >= 0.6 is 0 Å². The van der Waals surface area contributed by atoms with Crippen LogP contribution in [0.15, 0.2) is 24.3 Å². The zero-order valence-electron chi connectivity index (χ0n) is 15.6. The number of carbonyl (C=O) groups excluding carboxylic acids is 1. The smallest absolute Gasteiger partial charge is 0.281 e. The second kappa shape index (κ2) is 7.54. The van der Waals surface area contributed by atoms with E-state index in [4.69, 9.17) is 4.74 Å². The van der Waals surface area contributed by atoms with E-state index in [2.05, 4.69) is 0 Å². The summed E-state index contributed by atoms with van der Waals surface area (Å²) in [6.07, 6.45) is 2.08. The number of ether oxygens (including phenoxy) is 1. The second-order valence-corrected chi connectivity index (χ2v) is 9.38. The molecule has 0 spiro atoms. The van der Waals surface area contributed by atoms with Gasteiger partial charge in [-0.25, -0.2) is 0 Å². The van der Waals surface area contributed by atoms with Gasteiger partial charge in [-0.1, -0.05) is 18.2 Å². The molecule has 3 aliphatic heterocycles. The van der Waals surface area contributed by atoms with Crippen LogP contribution in [-0.2, 0) is 21.4 Å². The lowest BCUT2D eigenvalue weighted by molar-refractivity contribution is -0.134. The lowest BCUT2D eigenvalue weighted by atomic mass is 9.94. The summed E-state index contributed by atoms with van der Waals surface area (Å²) in [6, 6.07) is 7.46. The molecule has 2 atom stereocenters. The van der Waals surface area contributed by atoms with E-state index >= 15 is 0 Å². The van der Waals surface area contributed by atoms with Crippen molar-refractivity contribution in [1.82, 2.24) is 13.5 Å². The van der Waals surface area contributed by atoms with E-state index in [0.717, 1.165) is 18.4 Å². The summed E-state index contributed by atoms with van der Waals surface area (Å²) in [7, 11) is 1.24. The van der Waals surface area contributed by atoms with Crippen LogP contribution in [0, 0.1) is 5.92 Å². The number of carbonyl (C=O) groups is 1. The molecule has 0 aromatic heterocycles. The highest BCUT2D eigenvalue weighted by Gasteiger charge is 2.41. The van der Waals surface area contributed by atoms with Crippen LogP contribution in [0.4, 0.5) is 0 Å². The molecule has 3 saturated heterocycles. The van der Waals surface area contributed by atoms with Gasteiger partial charge >= 0.3 is 0 Å². The monoisotopic (exact) mass is 381 g/mol. The van der Waals surface area contributed by atoms with Gasteiger partial charge in [0.2, 0.25) is 5.91 Å². The average Bonchev–Trinajstić information content (AvgIpc) is 2.94. The Labute approximate surface area is 155 Å². The fourth-order valence-electron chi connectivity index (χ4n) is 3.88. The van der Waals surface area contributed by atoms with Crippen LogP contribution < -0.4 is 4.74 Å². The van der Waals surface area contributed by atoms with Gasteiger partial charge < -0.3 is 9.64 Å². The summed E-state index contributed by atoms with van der Waals surface area (Å²) in [5.74, 6) is 0.927. The number of nitrogens with zero attached hydrogens (tertiary/aromatic N) is 3. The van der Waals surface area contributed by atoms with Gasteiger partial charge in [0.1, 0.15) is 5.75 Å². The minimum atomic E-state index is -3.46. The Morgan fingerprint density at radius 3 is 2.62 bits per heavy atom. The summed E-state index contributed by atoms with van der Waals surface area (Å²) in [6.45, 7) is 1.47. The van der Waals surface area contributed by atoms with E-state index < -0.39 is 10.2 Å². The third-order valence-electron chi connectivity index (χ3n) is 5.32. The first kappa shape index (κ1) is 19.1. The number of methoxy groups -OCH3 is 1. The molecule has 3 heterocycles. The molecule has 1 aromatic carbocycles. The molecule has 7 nitrogen and oxygen atoms in total. The van der Waals surface area contributed by atoms with E-state index in [1.807, 2.05) is 29.2 Å². The zero-order valence-corrected chi connectivity index (χ0v) is 16.4. The minimum Gasteiger partial charge on any atom is -0.496 e. The van der Waals surface area contributed by atoms with Crippen molar-refractivity contribution in [3.8, 4) is 5.75 Å². The molecule has 26 heavy (non-hydrogen) atoms. The van der Waals surface area contributed by atoms with E-state index in [1.54, 1.807) is 21.2 Å². The quantitative estimate of drug-likeness (QED) is 0.762. The van der Waals surface area contributed by atoms with Crippen molar-refractivity contribution in [2.24, 2.45) is 5.92 Å². The largest absolute Gasteiger partial charge is 0.496 e. The minimum absolute atomic E-state index is 0.0355.